The fourth-order valence-corrected chi connectivity index (χ4v) is 3.04. The molecule has 1 aliphatic rings. The lowest BCUT2D eigenvalue weighted by atomic mass is 9.93. The minimum Gasteiger partial charge on any atom is -0.493 e. The fourth-order valence-electron chi connectivity index (χ4n) is 2.49. The number of benzene rings is 2. The van der Waals surface area contributed by atoms with Gasteiger partial charge in [-0.15, -0.1) is 0 Å². The molecule has 1 atom stereocenters. The van der Waals surface area contributed by atoms with Crippen LogP contribution in [0.25, 0.3) is 0 Å². The summed E-state index contributed by atoms with van der Waals surface area (Å²) >= 11 is 9.68. The first kappa shape index (κ1) is 13.8. The molecule has 104 valence electrons. The second-order valence-corrected chi connectivity index (χ2v) is 6.20. The first-order valence-electron chi connectivity index (χ1n) is 6.64. The van der Waals surface area contributed by atoms with E-state index in [9.17, 15) is 0 Å². The van der Waals surface area contributed by atoms with Crippen molar-refractivity contribution in [3.8, 4) is 5.75 Å². The minimum absolute atomic E-state index is 0.454. The first-order valence-corrected chi connectivity index (χ1v) is 7.82. The van der Waals surface area contributed by atoms with Gasteiger partial charge < -0.3 is 10.1 Å². The average Bonchev–Trinajstić information content (AvgIpc) is 2.48. The normalized spacial score (nSPS) is 17.2. The maximum Gasteiger partial charge on any atom is 0.122 e. The fraction of sp³-hybridized carbons (Fsp3) is 0.250. The van der Waals surface area contributed by atoms with Crippen LogP contribution in [-0.4, -0.2) is 13.2 Å². The van der Waals surface area contributed by atoms with Crippen LogP contribution < -0.4 is 10.1 Å². The molecule has 0 spiro atoms. The molecule has 0 saturated carbocycles. The largest absolute Gasteiger partial charge is 0.493 e. The summed E-state index contributed by atoms with van der Waals surface area (Å²) in [7, 11) is 0. The monoisotopic (exact) mass is 351 g/mol. The number of nitrogens with one attached hydrogen (secondary N) is 1. The number of fused-ring (bicyclic) bond motifs is 1. The third-order valence-electron chi connectivity index (χ3n) is 3.55. The van der Waals surface area contributed by atoms with Gasteiger partial charge in [0.1, 0.15) is 5.75 Å². The molecule has 2 aromatic rings. The third-order valence-corrected chi connectivity index (χ3v) is 4.37. The number of hydrogen-bond acceptors (Lipinski definition) is 2. The lowest BCUT2D eigenvalue weighted by Gasteiger charge is -2.26. The molecule has 0 fully saturated rings. The molecular weight excluding hydrogens is 338 g/mol. The highest BCUT2D eigenvalue weighted by atomic mass is 79.9. The topological polar surface area (TPSA) is 21.3 Å². The highest BCUT2D eigenvalue weighted by molar-refractivity contribution is 9.10. The summed E-state index contributed by atoms with van der Waals surface area (Å²) < 4.78 is 6.71. The van der Waals surface area contributed by atoms with Crippen molar-refractivity contribution in [2.24, 2.45) is 0 Å². The molecule has 1 N–H and O–H groups in total. The molecule has 2 nitrogen and oxygen atoms in total. The summed E-state index contributed by atoms with van der Waals surface area (Å²) in [6, 6.07) is 14.1. The number of ether oxygens (including phenoxy) is 1. The van der Waals surface area contributed by atoms with E-state index < -0.39 is 0 Å². The van der Waals surface area contributed by atoms with Crippen molar-refractivity contribution in [3.63, 3.8) is 0 Å². The zero-order chi connectivity index (χ0) is 13.9. The van der Waals surface area contributed by atoms with Gasteiger partial charge >= 0.3 is 0 Å². The van der Waals surface area contributed by atoms with Crippen molar-refractivity contribution in [1.82, 2.24) is 0 Å². The first-order chi connectivity index (χ1) is 9.74. The maximum atomic E-state index is 6.21. The molecule has 1 unspecified atom stereocenters. The maximum absolute atomic E-state index is 6.21. The summed E-state index contributed by atoms with van der Waals surface area (Å²) in [6.45, 7) is 1.63. The van der Waals surface area contributed by atoms with Gasteiger partial charge in [-0.05, 0) is 36.2 Å². The van der Waals surface area contributed by atoms with E-state index in [1.54, 1.807) is 0 Å². The molecule has 20 heavy (non-hydrogen) atoms. The van der Waals surface area contributed by atoms with Gasteiger partial charge in [0.25, 0.3) is 0 Å². The van der Waals surface area contributed by atoms with Crippen molar-refractivity contribution < 1.29 is 4.74 Å². The van der Waals surface area contributed by atoms with Crippen LogP contribution in [0.4, 0.5) is 5.69 Å². The Morgan fingerprint density at radius 1 is 1.25 bits per heavy atom. The van der Waals surface area contributed by atoms with Gasteiger partial charge in [0, 0.05) is 16.9 Å². The Hall–Kier alpha value is -1.19. The predicted molar refractivity (Wildman–Crippen MR) is 86.9 cm³/mol. The van der Waals surface area contributed by atoms with E-state index in [-0.39, 0.29) is 0 Å². The van der Waals surface area contributed by atoms with E-state index in [0.717, 1.165) is 40.5 Å². The van der Waals surface area contributed by atoms with Gasteiger partial charge in [-0.3, -0.25) is 0 Å². The second-order valence-electron chi connectivity index (χ2n) is 4.88. The number of rotatable bonds is 3. The van der Waals surface area contributed by atoms with Crippen LogP contribution in [0.3, 0.4) is 0 Å². The van der Waals surface area contributed by atoms with Crippen molar-refractivity contribution in [2.75, 3.05) is 18.5 Å². The van der Waals surface area contributed by atoms with Crippen molar-refractivity contribution >= 4 is 33.2 Å². The Bertz CT molecular complexity index is 617. The van der Waals surface area contributed by atoms with Crippen LogP contribution >= 0.6 is 27.5 Å². The van der Waals surface area contributed by atoms with Crippen LogP contribution in [0.1, 0.15) is 17.9 Å². The van der Waals surface area contributed by atoms with Crippen LogP contribution in [0.5, 0.6) is 5.75 Å². The summed E-state index contributed by atoms with van der Waals surface area (Å²) in [6.07, 6.45) is 1.02. The molecule has 0 saturated heterocycles. The van der Waals surface area contributed by atoms with Gasteiger partial charge in [0.2, 0.25) is 0 Å². The highest BCUT2D eigenvalue weighted by Crippen LogP contribution is 2.34. The summed E-state index contributed by atoms with van der Waals surface area (Å²) in [4.78, 5) is 0. The summed E-state index contributed by atoms with van der Waals surface area (Å²) in [5, 5.41) is 4.19. The Morgan fingerprint density at radius 3 is 3.00 bits per heavy atom. The molecule has 0 aromatic heterocycles. The zero-order valence-electron chi connectivity index (χ0n) is 10.9. The van der Waals surface area contributed by atoms with Gasteiger partial charge in [-0.1, -0.05) is 45.7 Å². The van der Waals surface area contributed by atoms with Gasteiger partial charge in [0.15, 0.2) is 0 Å². The van der Waals surface area contributed by atoms with E-state index in [0.29, 0.717) is 5.92 Å². The highest BCUT2D eigenvalue weighted by Gasteiger charge is 2.20. The lowest BCUT2D eigenvalue weighted by Crippen LogP contribution is -2.20. The summed E-state index contributed by atoms with van der Waals surface area (Å²) in [5.74, 6) is 1.46. The SMILES string of the molecule is Clc1ccc(Br)cc1NCC1CCOc2ccccc21. The number of anilines is 1. The molecule has 0 radical (unpaired) electrons. The minimum atomic E-state index is 0.454. The Kier molecular flexibility index (Phi) is 4.18. The summed E-state index contributed by atoms with van der Waals surface area (Å²) in [5.41, 5.74) is 2.24. The molecule has 1 aliphatic heterocycles. The second kappa shape index (κ2) is 6.06. The van der Waals surface area contributed by atoms with E-state index in [1.165, 1.54) is 5.56 Å². The quantitative estimate of drug-likeness (QED) is 0.831. The van der Waals surface area contributed by atoms with E-state index in [4.69, 9.17) is 16.3 Å². The van der Waals surface area contributed by atoms with Gasteiger partial charge in [-0.25, -0.2) is 0 Å². The van der Waals surface area contributed by atoms with Crippen LogP contribution in [0, 0.1) is 0 Å². The number of hydrogen-bond donors (Lipinski definition) is 1. The third kappa shape index (κ3) is 2.94. The van der Waals surface area contributed by atoms with E-state index >= 15 is 0 Å². The smallest absolute Gasteiger partial charge is 0.122 e. The van der Waals surface area contributed by atoms with E-state index in [2.05, 4.69) is 33.4 Å². The number of para-hydroxylation sites is 1. The van der Waals surface area contributed by atoms with E-state index in [1.807, 2.05) is 30.3 Å². The molecular formula is C16H15BrClNO. The predicted octanol–water partition coefficient (Wildman–Crippen LogP) is 5.08. The standard InChI is InChI=1S/C16H15BrClNO/c17-12-5-6-14(18)15(9-12)19-10-11-7-8-20-16-4-2-1-3-13(11)16/h1-6,9,11,19H,7-8,10H2. The molecule has 0 aliphatic carbocycles. The lowest BCUT2D eigenvalue weighted by molar-refractivity contribution is 0.270. The zero-order valence-corrected chi connectivity index (χ0v) is 13.2. The molecule has 0 bridgehead atoms. The van der Waals surface area contributed by atoms with Crippen molar-refractivity contribution in [3.05, 3.63) is 57.5 Å². The van der Waals surface area contributed by atoms with Crippen molar-refractivity contribution in [2.45, 2.75) is 12.3 Å². The van der Waals surface area contributed by atoms with Crippen LogP contribution in [0.15, 0.2) is 46.9 Å². The Morgan fingerprint density at radius 2 is 2.10 bits per heavy atom. The average molecular weight is 353 g/mol. The molecule has 0 amide bonds. The number of halogens is 2. The Labute approximate surface area is 132 Å². The van der Waals surface area contributed by atoms with Crippen LogP contribution in [0.2, 0.25) is 5.02 Å². The molecule has 3 rings (SSSR count). The molecule has 1 heterocycles. The molecule has 4 heteroatoms. The van der Waals surface area contributed by atoms with Gasteiger partial charge in [-0.2, -0.15) is 0 Å². The molecule has 2 aromatic carbocycles. The van der Waals surface area contributed by atoms with Crippen molar-refractivity contribution in [1.29, 1.82) is 0 Å². The Balaban J connectivity index is 1.75. The van der Waals surface area contributed by atoms with Gasteiger partial charge in [0.05, 0.1) is 17.3 Å². The van der Waals surface area contributed by atoms with Crippen LogP contribution in [-0.2, 0) is 0 Å².